The predicted octanol–water partition coefficient (Wildman–Crippen LogP) is 4.81. The summed E-state index contributed by atoms with van der Waals surface area (Å²) in [6, 6.07) is 16.4. The van der Waals surface area contributed by atoms with Crippen molar-refractivity contribution in [1.29, 1.82) is 0 Å². The summed E-state index contributed by atoms with van der Waals surface area (Å²) in [5, 5.41) is 9.37. The largest absolute Gasteiger partial charge is 0.396 e. The predicted molar refractivity (Wildman–Crippen MR) is 182 cm³/mol. The van der Waals surface area contributed by atoms with Gasteiger partial charge in [0.15, 0.2) is 0 Å². The zero-order chi connectivity index (χ0) is 32.8. The van der Waals surface area contributed by atoms with Gasteiger partial charge in [0.2, 0.25) is 11.8 Å². The molecule has 9 nitrogen and oxygen atoms in total. The third-order valence-corrected chi connectivity index (χ3v) is 9.89. The van der Waals surface area contributed by atoms with Crippen molar-refractivity contribution in [3.05, 3.63) is 79.9 Å². The van der Waals surface area contributed by atoms with Gasteiger partial charge in [-0.2, -0.15) is 0 Å². The van der Waals surface area contributed by atoms with E-state index in [1.54, 1.807) is 26.9 Å². The van der Waals surface area contributed by atoms with Crippen LogP contribution in [0.5, 0.6) is 0 Å². The van der Waals surface area contributed by atoms with Crippen molar-refractivity contribution in [3.8, 4) is 0 Å². The first kappa shape index (κ1) is 33.4. The molecule has 3 fully saturated rings. The second-order valence-corrected chi connectivity index (χ2v) is 12.4. The van der Waals surface area contributed by atoms with Gasteiger partial charge in [-0.15, -0.1) is 13.2 Å². The van der Waals surface area contributed by atoms with Crippen molar-refractivity contribution >= 4 is 34.8 Å². The monoisotopic (exact) mass is 628 g/mol. The molecule has 1 spiro atoms. The molecule has 1 N–H and O–H groups in total. The topological polar surface area (TPSA) is 93.6 Å². The van der Waals surface area contributed by atoms with Crippen LogP contribution in [-0.4, -0.2) is 84.8 Å². The molecule has 2 aromatic carbocycles. The SMILES string of the molecule is C=CCN(C(=O)C1N(CCCCCO)C(=O)[C@@H]2[C@H](C(=O)N(CC=C)c3ccccc3)[C@@H]3CCC12O3)c1ccc(N(CC)CC)cc1. The molecule has 3 aliphatic rings. The van der Waals surface area contributed by atoms with E-state index in [0.29, 0.717) is 38.8 Å². The number of likely N-dealkylation sites (tertiary alicyclic amines) is 1. The lowest BCUT2D eigenvalue weighted by atomic mass is 9.70. The number of unbranched alkanes of at least 4 members (excludes halogenated alkanes) is 2. The number of fused-ring (bicyclic) bond motifs is 1. The molecule has 2 aromatic rings. The normalized spacial score (nSPS) is 24.5. The van der Waals surface area contributed by atoms with Crippen LogP contribution in [0.3, 0.4) is 0 Å². The third-order valence-electron chi connectivity index (χ3n) is 9.89. The third kappa shape index (κ3) is 5.98. The molecule has 0 aromatic heterocycles. The van der Waals surface area contributed by atoms with Gasteiger partial charge in [0, 0.05) is 56.4 Å². The van der Waals surface area contributed by atoms with Crippen molar-refractivity contribution < 1.29 is 24.2 Å². The summed E-state index contributed by atoms with van der Waals surface area (Å²) in [6.07, 6.45) is 6.01. The molecular weight excluding hydrogens is 580 g/mol. The molecule has 3 amide bonds. The second kappa shape index (κ2) is 14.6. The number of amides is 3. The van der Waals surface area contributed by atoms with Crippen LogP contribution in [0.15, 0.2) is 79.9 Å². The van der Waals surface area contributed by atoms with E-state index >= 15 is 0 Å². The lowest BCUT2D eigenvalue weighted by molar-refractivity contribution is -0.140. The summed E-state index contributed by atoms with van der Waals surface area (Å²) in [5.41, 5.74) is 1.41. The van der Waals surface area contributed by atoms with E-state index in [2.05, 4.69) is 31.9 Å². The number of para-hydroxylation sites is 1. The average molecular weight is 629 g/mol. The number of carbonyl (C=O) groups excluding carboxylic acids is 3. The van der Waals surface area contributed by atoms with Crippen LogP contribution < -0.4 is 14.7 Å². The molecular formula is C37H48N4O5. The van der Waals surface area contributed by atoms with Crippen LogP contribution in [0.2, 0.25) is 0 Å². The van der Waals surface area contributed by atoms with Crippen molar-refractivity contribution in [2.45, 2.75) is 63.7 Å². The zero-order valence-corrected chi connectivity index (χ0v) is 27.2. The van der Waals surface area contributed by atoms with Crippen LogP contribution in [0.4, 0.5) is 17.1 Å². The molecule has 2 unspecified atom stereocenters. The first-order chi connectivity index (χ1) is 22.4. The van der Waals surface area contributed by atoms with Crippen molar-refractivity contribution in [1.82, 2.24) is 4.90 Å². The highest BCUT2D eigenvalue weighted by Gasteiger charge is 2.74. The molecule has 5 rings (SSSR count). The molecule has 3 aliphatic heterocycles. The Morgan fingerprint density at radius 1 is 0.913 bits per heavy atom. The van der Waals surface area contributed by atoms with E-state index in [-0.39, 0.29) is 30.9 Å². The van der Waals surface area contributed by atoms with Crippen molar-refractivity contribution in [2.75, 3.05) is 54.0 Å². The van der Waals surface area contributed by atoms with Gasteiger partial charge in [0.1, 0.15) is 11.6 Å². The van der Waals surface area contributed by atoms with Gasteiger partial charge in [-0.05, 0) is 82.3 Å². The Hall–Kier alpha value is -3.95. The highest BCUT2D eigenvalue weighted by Crippen LogP contribution is 2.59. The quantitative estimate of drug-likeness (QED) is 0.212. The van der Waals surface area contributed by atoms with Gasteiger partial charge in [-0.1, -0.05) is 30.4 Å². The minimum Gasteiger partial charge on any atom is -0.396 e. The van der Waals surface area contributed by atoms with E-state index in [9.17, 15) is 19.5 Å². The Balaban J connectivity index is 1.52. The van der Waals surface area contributed by atoms with Gasteiger partial charge >= 0.3 is 0 Å². The van der Waals surface area contributed by atoms with Crippen molar-refractivity contribution in [2.24, 2.45) is 11.8 Å². The van der Waals surface area contributed by atoms with E-state index in [1.807, 2.05) is 54.6 Å². The number of rotatable bonds is 16. The summed E-state index contributed by atoms with van der Waals surface area (Å²) >= 11 is 0. The summed E-state index contributed by atoms with van der Waals surface area (Å²) in [7, 11) is 0. The first-order valence-electron chi connectivity index (χ1n) is 16.7. The smallest absolute Gasteiger partial charge is 0.253 e. The number of aliphatic hydroxyl groups excluding tert-OH is 1. The fourth-order valence-corrected chi connectivity index (χ4v) is 7.80. The Bertz CT molecular complexity index is 1390. The van der Waals surface area contributed by atoms with Crippen LogP contribution in [-0.2, 0) is 19.1 Å². The summed E-state index contributed by atoms with van der Waals surface area (Å²) in [4.78, 5) is 51.0. The summed E-state index contributed by atoms with van der Waals surface area (Å²) in [5.74, 6) is -2.09. The zero-order valence-electron chi connectivity index (χ0n) is 27.2. The highest BCUT2D eigenvalue weighted by atomic mass is 16.5. The number of aliphatic hydroxyl groups is 1. The van der Waals surface area contributed by atoms with Crippen LogP contribution in [0.1, 0.15) is 46.0 Å². The molecule has 0 aliphatic carbocycles. The molecule has 9 heteroatoms. The fourth-order valence-electron chi connectivity index (χ4n) is 7.80. The molecule has 5 atom stereocenters. The number of anilines is 3. The fraction of sp³-hybridized carbons (Fsp3) is 0.486. The molecule has 46 heavy (non-hydrogen) atoms. The Kier molecular flexibility index (Phi) is 10.6. The van der Waals surface area contributed by atoms with Crippen molar-refractivity contribution in [3.63, 3.8) is 0 Å². The first-order valence-corrected chi connectivity index (χ1v) is 16.7. The number of hydrogen-bond donors (Lipinski definition) is 1. The van der Waals surface area contributed by atoms with E-state index in [4.69, 9.17) is 4.74 Å². The lowest BCUT2D eigenvalue weighted by Gasteiger charge is -2.37. The Morgan fingerprint density at radius 2 is 1.52 bits per heavy atom. The highest BCUT2D eigenvalue weighted by molar-refractivity contribution is 6.06. The minimum atomic E-state index is -1.10. The Labute approximate surface area is 273 Å². The molecule has 3 saturated heterocycles. The molecule has 246 valence electrons. The minimum absolute atomic E-state index is 0.0689. The molecule has 2 bridgehead atoms. The van der Waals surface area contributed by atoms with E-state index in [1.165, 1.54) is 0 Å². The molecule has 0 saturated carbocycles. The number of benzene rings is 2. The van der Waals surface area contributed by atoms with Gasteiger partial charge in [-0.25, -0.2) is 0 Å². The lowest BCUT2D eigenvalue weighted by Crippen LogP contribution is -2.56. The maximum Gasteiger partial charge on any atom is 0.253 e. The summed E-state index contributed by atoms with van der Waals surface area (Å²) in [6.45, 7) is 14.7. The molecule has 0 radical (unpaired) electrons. The number of nitrogens with zero attached hydrogens (tertiary/aromatic N) is 4. The van der Waals surface area contributed by atoms with Crippen LogP contribution >= 0.6 is 0 Å². The summed E-state index contributed by atoms with van der Waals surface area (Å²) < 4.78 is 6.73. The van der Waals surface area contributed by atoms with E-state index in [0.717, 1.165) is 36.6 Å². The maximum atomic E-state index is 14.8. The van der Waals surface area contributed by atoms with Crippen LogP contribution in [0.25, 0.3) is 0 Å². The van der Waals surface area contributed by atoms with Gasteiger partial charge in [-0.3, -0.25) is 14.4 Å². The molecule has 3 heterocycles. The second-order valence-electron chi connectivity index (χ2n) is 12.4. The Morgan fingerprint density at radius 3 is 2.13 bits per heavy atom. The van der Waals surface area contributed by atoms with Gasteiger partial charge < -0.3 is 29.4 Å². The van der Waals surface area contributed by atoms with Gasteiger partial charge in [0.25, 0.3) is 5.91 Å². The van der Waals surface area contributed by atoms with Gasteiger partial charge in [0.05, 0.1) is 17.9 Å². The van der Waals surface area contributed by atoms with E-state index < -0.39 is 29.6 Å². The maximum absolute atomic E-state index is 14.8. The number of hydrogen-bond acceptors (Lipinski definition) is 6. The number of ether oxygens (including phenoxy) is 1. The number of carbonyl (C=O) groups is 3. The standard InChI is InChI=1S/C37H48N4O5/c1-5-23-39(28-15-11-9-12-16-28)34(43)31-30-21-22-37(46-30)32(31)35(44)41(25-13-10-14-26-42)33(37)36(45)40(24-6-2)29-19-17-27(18-20-29)38(7-3)8-4/h5-6,9,11-12,15-20,30-33,42H,1-2,7-8,10,13-14,21-26H2,3-4H3/t30-,31+,32-,33?,37?/m0/s1. The van der Waals surface area contributed by atoms with Crippen LogP contribution in [0, 0.1) is 11.8 Å². The average Bonchev–Trinajstić information content (AvgIpc) is 3.72.